The van der Waals surface area contributed by atoms with Crippen LogP contribution < -0.4 is 10.9 Å². The summed E-state index contributed by atoms with van der Waals surface area (Å²) in [6.45, 7) is 0. The summed E-state index contributed by atoms with van der Waals surface area (Å²) in [5, 5.41) is 9.43. The van der Waals surface area contributed by atoms with E-state index in [2.05, 4.69) is 40.2 Å². The number of fused-ring (bicyclic) bond motifs is 1. The van der Waals surface area contributed by atoms with Crippen LogP contribution in [0.4, 0.5) is 0 Å². The molecular formula is C39H32N4O2. The molecule has 6 nitrogen and oxygen atoms in total. The van der Waals surface area contributed by atoms with Crippen LogP contribution in [0.3, 0.4) is 0 Å². The molecule has 0 aliphatic heterocycles. The van der Waals surface area contributed by atoms with Crippen LogP contribution in [-0.4, -0.2) is 23.2 Å². The van der Waals surface area contributed by atoms with Crippen molar-refractivity contribution in [1.82, 2.24) is 10.9 Å². The third kappa shape index (κ3) is 7.03. The van der Waals surface area contributed by atoms with Crippen LogP contribution in [0.2, 0.25) is 0 Å². The van der Waals surface area contributed by atoms with E-state index in [4.69, 9.17) is 5.10 Å². The van der Waals surface area contributed by atoms with Crippen molar-refractivity contribution in [3.8, 4) is 0 Å². The Hall–Kier alpha value is -5.88. The second kappa shape index (κ2) is 14.1. The Labute approximate surface area is 262 Å². The zero-order valence-electron chi connectivity index (χ0n) is 24.6. The van der Waals surface area contributed by atoms with E-state index in [1.54, 1.807) is 24.3 Å². The molecule has 2 N–H and O–H groups in total. The van der Waals surface area contributed by atoms with Gasteiger partial charge in [-0.25, -0.2) is 10.9 Å². The van der Waals surface area contributed by atoms with E-state index >= 15 is 0 Å². The van der Waals surface area contributed by atoms with Gasteiger partial charge in [-0.05, 0) is 59.9 Å². The van der Waals surface area contributed by atoms with Gasteiger partial charge >= 0.3 is 0 Å². The normalized spacial score (nSPS) is 15.6. The SMILES string of the molecule is O=C(NN=C(C=C(c1ccccc1)C1CCc2ccccc2C1=NNC(=O)c1ccccc1)c1ccccc1)c1ccccc1. The zero-order valence-corrected chi connectivity index (χ0v) is 24.6. The van der Waals surface area contributed by atoms with Crippen LogP contribution in [-0.2, 0) is 6.42 Å². The first-order chi connectivity index (χ1) is 22.2. The van der Waals surface area contributed by atoms with Gasteiger partial charge in [-0.3, -0.25) is 9.59 Å². The molecule has 45 heavy (non-hydrogen) atoms. The van der Waals surface area contributed by atoms with Gasteiger partial charge < -0.3 is 0 Å². The Morgan fingerprint density at radius 2 is 1.07 bits per heavy atom. The number of carbonyl (C=O) groups is 2. The first kappa shape index (κ1) is 29.2. The van der Waals surface area contributed by atoms with Gasteiger partial charge in [-0.15, -0.1) is 0 Å². The largest absolute Gasteiger partial charge is 0.271 e. The lowest BCUT2D eigenvalue weighted by Crippen LogP contribution is -2.29. The summed E-state index contributed by atoms with van der Waals surface area (Å²) in [5.41, 5.74) is 13.0. The summed E-state index contributed by atoms with van der Waals surface area (Å²) >= 11 is 0. The van der Waals surface area contributed by atoms with E-state index < -0.39 is 0 Å². The Balaban J connectivity index is 1.45. The average Bonchev–Trinajstić information content (AvgIpc) is 3.12. The molecule has 0 heterocycles. The molecule has 5 aromatic rings. The lowest BCUT2D eigenvalue weighted by molar-refractivity contribution is 0.0947. The Morgan fingerprint density at radius 3 is 1.67 bits per heavy atom. The topological polar surface area (TPSA) is 82.9 Å². The van der Waals surface area contributed by atoms with E-state index in [0.717, 1.165) is 40.8 Å². The third-order valence-corrected chi connectivity index (χ3v) is 7.80. The molecule has 2 amide bonds. The second-order valence-corrected chi connectivity index (χ2v) is 10.7. The number of amides is 2. The van der Waals surface area contributed by atoms with Gasteiger partial charge in [0.15, 0.2) is 0 Å². The number of hydrogen-bond acceptors (Lipinski definition) is 4. The van der Waals surface area contributed by atoms with E-state index in [0.29, 0.717) is 16.8 Å². The molecular weight excluding hydrogens is 556 g/mol. The number of nitrogens with one attached hydrogen (secondary N) is 2. The van der Waals surface area contributed by atoms with Crippen molar-refractivity contribution in [2.24, 2.45) is 16.1 Å². The minimum atomic E-state index is -0.295. The maximum Gasteiger partial charge on any atom is 0.271 e. The van der Waals surface area contributed by atoms with Gasteiger partial charge in [0.2, 0.25) is 0 Å². The van der Waals surface area contributed by atoms with E-state index in [-0.39, 0.29) is 17.7 Å². The highest BCUT2D eigenvalue weighted by molar-refractivity contribution is 6.17. The molecule has 0 radical (unpaired) electrons. The Bertz CT molecular complexity index is 1870. The number of hydrazone groups is 2. The predicted octanol–water partition coefficient (Wildman–Crippen LogP) is 7.30. The van der Waals surface area contributed by atoms with Crippen molar-refractivity contribution < 1.29 is 9.59 Å². The van der Waals surface area contributed by atoms with Crippen molar-refractivity contribution >= 4 is 28.8 Å². The van der Waals surface area contributed by atoms with Crippen LogP contribution in [0, 0.1) is 5.92 Å². The lowest BCUT2D eigenvalue weighted by atomic mass is 9.76. The number of rotatable bonds is 8. The molecule has 1 aliphatic rings. The molecule has 1 atom stereocenters. The molecule has 5 aromatic carbocycles. The van der Waals surface area contributed by atoms with Crippen molar-refractivity contribution in [2.75, 3.05) is 0 Å². The number of allylic oxidation sites excluding steroid dienone is 2. The maximum atomic E-state index is 13.1. The smallest absolute Gasteiger partial charge is 0.267 e. The summed E-state index contributed by atoms with van der Waals surface area (Å²) in [6.07, 6.45) is 3.65. The number of nitrogens with zero attached hydrogens (tertiary/aromatic N) is 2. The average molecular weight is 589 g/mol. The van der Waals surface area contributed by atoms with Gasteiger partial charge in [0.1, 0.15) is 0 Å². The molecule has 0 spiro atoms. The van der Waals surface area contributed by atoms with Crippen LogP contribution in [0.5, 0.6) is 0 Å². The highest BCUT2D eigenvalue weighted by atomic mass is 16.2. The summed E-state index contributed by atoms with van der Waals surface area (Å²) < 4.78 is 0. The number of aryl methyl sites for hydroxylation is 1. The second-order valence-electron chi connectivity index (χ2n) is 10.7. The zero-order chi connectivity index (χ0) is 30.8. The van der Waals surface area contributed by atoms with Gasteiger partial charge in [0.25, 0.3) is 11.8 Å². The molecule has 0 aromatic heterocycles. The first-order valence-corrected chi connectivity index (χ1v) is 14.9. The van der Waals surface area contributed by atoms with Gasteiger partial charge in [0, 0.05) is 28.2 Å². The summed E-state index contributed by atoms with van der Waals surface area (Å²) in [7, 11) is 0. The summed E-state index contributed by atoms with van der Waals surface area (Å²) in [4.78, 5) is 26.1. The van der Waals surface area contributed by atoms with Gasteiger partial charge in [-0.1, -0.05) is 121 Å². The monoisotopic (exact) mass is 588 g/mol. The number of carbonyl (C=O) groups excluding carboxylic acids is 2. The summed E-state index contributed by atoms with van der Waals surface area (Å²) in [5.74, 6) is -0.737. The lowest BCUT2D eigenvalue weighted by Gasteiger charge is -2.29. The van der Waals surface area contributed by atoms with Crippen molar-refractivity contribution in [2.45, 2.75) is 12.8 Å². The molecule has 0 saturated heterocycles. The van der Waals surface area contributed by atoms with Crippen LogP contribution in [0.1, 0.15) is 49.4 Å². The quantitative estimate of drug-likeness (QED) is 0.147. The minimum absolute atomic E-state index is 0.169. The van der Waals surface area contributed by atoms with Crippen LogP contribution >= 0.6 is 0 Å². The minimum Gasteiger partial charge on any atom is -0.267 e. The molecule has 0 fully saturated rings. The standard InChI is InChI=1S/C39H32N4O2/c44-38(31-20-9-3-10-21-31)42-40-36(30-18-7-2-8-19-30)27-35(28-15-5-1-6-16-28)34-26-25-29-17-13-14-24-33(29)37(34)41-43-39(45)32-22-11-4-12-23-32/h1-24,27,34H,25-26H2,(H,42,44)(H,43,45). The van der Waals surface area contributed by atoms with Crippen molar-refractivity contribution in [3.05, 3.63) is 185 Å². The van der Waals surface area contributed by atoms with E-state index in [1.807, 2.05) is 103 Å². The first-order valence-electron chi connectivity index (χ1n) is 14.9. The molecule has 6 heteroatoms. The van der Waals surface area contributed by atoms with Crippen LogP contribution in [0.15, 0.2) is 162 Å². The third-order valence-electron chi connectivity index (χ3n) is 7.80. The highest BCUT2D eigenvalue weighted by Crippen LogP contribution is 2.36. The molecule has 6 rings (SSSR count). The molecule has 1 aliphatic carbocycles. The highest BCUT2D eigenvalue weighted by Gasteiger charge is 2.30. The van der Waals surface area contributed by atoms with E-state index in [1.165, 1.54) is 5.56 Å². The fourth-order valence-electron chi connectivity index (χ4n) is 5.54. The summed E-state index contributed by atoms with van der Waals surface area (Å²) in [6, 6.07) is 46.2. The van der Waals surface area contributed by atoms with Gasteiger partial charge in [0.05, 0.1) is 11.4 Å². The van der Waals surface area contributed by atoms with Crippen molar-refractivity contribution in [1.29, 1.82) is 0 Å². The molecule has 0 bridgehead atoms. The number of benzene rings is 5. The fourth-order valence-corrected chi connectivity index (χ4v) is 5.54. The molecule has 1 unspecified atom stereocenters. The number of hydrogen-bond donors (Lipinski definition) is 2. The van der Waals surface area contributed by atoms with Crippen molar-refractivity contribution in [3.63, 3.8) is 0 Å². The maximum absolute atomic E-state index is 13.1. The Kier molecular flexibility index (Phi) is 9.12. The predicted molar refractivity (Wildman–Crippen MR) is 180 cm³/mol. The molecule has 220 valence electrons. The van der Waals surface area contributed by atoms with E-state index in [9.17, 15) is 9.59 Å². The molecule has 0 saturated carbocycles. The van der Waals surface area contributed by atoms with Crippen LogP contribution in [0.25, 0.3) is 5.57 Å². The fraction of sp³-hybridized carbons (Fsp3) is 0.0769. The van der Waals surface area contributed by atoms with Gasteiger partial charge in [-0.2, -0.15) is 10.2 Å². The Morgan fingerprint density at radius 1 is 0.578 bits per heavy atom.